The minimum absolute atomic E-state index is 0.0856. The van der Waals surface area contributed by atoms with Crippen molar-refractivity contribution in [3.05, 3.63) is 42.2 Å². The van der Waals surface area contributed by atoms with Crippen LogP contribution in [0.25, 0.3) is 5.69 Å². The minimum atomic E-state index is 0.0856. The van der Waals surface area contributed by atoms with E-state index in [4.69, 9.17) is 4.74 Å². The van der Waals surface area contributed by atoms with Gasteiger partial charge in [-0.3, -0.25) is 0 Å². The molecule has 0 aliphatic carbocycles. The summed E-state index contributed by atoms with van der Waals surface area (Å²) in [7, 11) is 1.70. The monoisotopic (exact) mass is 260 g/mol. The largest absolute Gasteiger partial charge is 0.383 e. The second-order valence-electron chi connectivity index (χ2n) is 4.36. The molecule has 1 unspecified atom stereocenters. The van der Waals surface area contributed by atoms with Gasteiger partial charge >= 0.3 is 0 Å². The molecule has 0 radical (unpaired) electrons. The molecule has 0 spiro atoms. The van der Waals surface area contributed by atoms with E-state index in [9.17, 15) is 0 Å². The van der Waals surface area contributed by atoms with Crippen molar-refractivity contribution < 1.29 is 4.74 Å². The van der Waals surface area contributed by atoms with Crippen LogP contribution < -0.4 is 5.32 Å². The van der Waals surface area contributed by atoms with E-state index in [0.717, 1.165) is 24.3 Å². The first-order valence-corrected chi connectivity index (χ1v) is 6.55. The molecule has 2 rings (SSSR count). The summed E-state index contributed by atoms with van der Waals surface area (Å²) < 4.78 is 5.23. The number of ether oxygens (including phenoxy) is 1. The van der Waals surface area contributed by atoms with E-state index in [2.05, 4.69) is 22.4 Å². The highest BCUT2D eigenvalue weighted by Crippen LogP contribution is 2.11. The molecule has 0 aliphatic heterocycles. The number of rotatable bonds is 7. The Morgan fingerprint density at radius 1 is 1.32 bits per heavy atom. The molecule has 0 amide bonds. The number of hydrogen-bond acceptors (Lipinski definition) is 4. The fraction of sp³-hybridized carbons (Fsp3) is 0.429. The molecule has 5 nitrogen and oxygen atoms in total. The van der Waals surface area contributed by atoms with Crippen LogP contribution in [0.1, 0.15) is 25.1 Å². The summed E-state index contributed by atoms with van der Waals surface area (Å²) in [6.45, 7) is 3.66. The van der Waals surface area contributed by atoms with Crippen molar-refractivity contribution in [1.29, 1.82) is 0 Å². The molecule has 0 fully saturated rings. The third kappa shape index (κ3) is 3.62. The zero-order valence-corrected chi connectivity index (χ0v) is 11.4. The number of nitrogens with zero attached hydrogens (tertiary/aromatic N) is 3. The Morgan fingerprint density at radius 3 is 2.79 bits per heavy atom. The SMILES string of the molecule is CCCNC(COC)c1cnn(-c2ccccc2)n1. The van der Waals surface area contributed by atoms with Crippen LogP contribution in [0.4, 0.5) is 0 Å². The van der Waals surface area contributed by atoms with Gasteiger partial charge < -0.3 is 10.1 Å². The predicted molar refractivity (Wildman–Crippen MR) is 74.3 cm³/mol. The highest BCUT2D eigenvalue weighted by molar-refractivity contribution is 5.28. The van der Waals surface area contributed by atoms with E-state index in [1.165, 1.54) is 0 Å². The second kappa shape index (κ2) is 7.01. The van der Waals surface area contributed by atoms with Crippen molar-refractivity contribution in [2.24, 2.45) is 0 Å². The normalized spacial score (nSPS) is 12.5. The van der Waals surface area contributed by atoms with Crippen molar-refractivity contribution in [3.63, 3.8) is 0 Å². The van der Waals surface area contributed by atoms with Gasteiger partial charge in [-0.1, -0.05) is 25.1 Å². The lowest BCUT2D eigenvalue weighted by atomic mass is 10.2. The van der Waals surface area contributed by atoms with Crippen LogP contribution in [0.15, 0.2) is 36.5 Å². The Morgan fingerprint density at radius 2 is 2.11 bits per heavy atom. The molecule has 1 atom stereocenters. The van der Waals surface area contributed by atoms with Crippen LogP contribution in [0.3, 0.4) is 0 Å². The maximum Gasteiger partial charge on any atom is 0.102 e. The number of hydrogen-bond donors (Lipinski definition) is 1. The molecule has 2 aromatic rings. The topological polar surface area (TPSA) is 52.0 Å². The predicted octanol–water partition coefficient (Wildman–Crippen LogP) is 1.95. The number of aromatic nitrogens is 3. The van der Waals surface area contributed by atoms with E-state index in [0.29, 0.717) is 6.61 Å². The zero-order valence-electron chi connectivity index (χ0n) is 11.4. The molecule has 0 aliphatic rings. The second-order valence-corrected chi connectivity index (χ2v) is 4.36. The van der Waals surface area contributed by atoms with E-state index in [1.54, 1.807) is 18.1 Å². The van der Waals surface area contributed by atoms with E-state index >= 15 is 0 Å². The van der Waals surface area contributed by atoms with Crippen LogP contribution in [0.2, 0.25) is 0 Å². The quantitative estimate of drug-likeness (QED) is 0.826. The van der Waals surface area contributed by atoms with Crippen molar-refractivity contribution in [3.8, 4) is 5.69 Å². The highest BCUT2D eigenvalue weighted by atomic mass is 16.5. The van der Waals surface area contributed by atoms with Gasteiger partial charge in [-0.2, -0.15) is 15.0 Å². The average molecular weight is 260 g/mol. The van der Waals surface area contributed by atoms with Crippen LogP contribution in [0.5, 0.6) is 0 Å². The molecule has 1 N–H and O–H groups in total. The minimum Gasteiger partial charge on any atom is -0.383 e. The molecular formula is C14H20N4O. The van der Waals surface area contributed by atoms with Gasteiger partial charge in [-0.25, -0.2) is 0 Å². The number of methoxy groups -OCH3 is 1. The van der Waals surface area contributed by atoms with Crippen molar-refractivity contribution >= 4 is 0 Å². The summed E-state index contributed by atoms with van der Waals surface area (Å²) in [5, 5.41) is 12.2. The molecule has 19 heavy (non-hydrogen) atoms. The molecule has 0 bridgehead atoms. The fourth-order valence-corrected chi connectivity index (χ4v) is 1.85. The molecule has 0 saturated heterocycles. The van der Waals surface area contributed by atoms with Gasteiger partial charge in [0, 0.05) is 7.11 Å². The molecule has 0 saturated carbocycles. The number of nitrogens with one attached hydrogen (secondary N) is 1. The smallest absolute Gasteiger partial charge is 0.102 e. The summed E-state index contributed by atoms with van der Waals surface area (Å²) in [5.74, 6) is 0. The van der Waals surface area contributed by atoms with Crippen LogP contribution in [0, 0.1) is 0 Å². The molecule has 5 heteroatoms. The lowest BCUT2D eigenvalue weighted by molar-refractivity contribution is 0.165. The van der Waals surface area contributed by atoms with Crippen molar-refractivity contribution in [1.82, 2.24) is 20.3 Å². The van der Waals surface area contributed by atoms with Crippen molar-refractivity contribution in [2.75, 3.05) is 20.3 Å². The maximum atomic E-state index is 5.23. The first kappa shape index (κ1) is 13.7. The van der Waals surface area contributed by atoms with Gasteiger partial charge in [0.15, 0.2) is 0 Å². The molecule has 1 heterocycles. The zero-order chi connectivity index (χ0) is 13.5. The lowest BCUT2D eigenvalue weighted by Gasteiger charge is -2.14. The lowest BCUT2D eigenvalue weighted by Crippen LogP contribution is -2.26. The van der Waals surface area contributed by atoms with Crippen LogP contribution in [-0.2, 0) is 4.74 Å². The summed E-state index contributed by atoms with van der Waals surface area (Å²) in [5.41, 5.74) is 1.86. The summed E-state index contributed by atoms with van der Waals surface area (Å²) in [6, 6.07) is 9.97. The molecule has 102 valence electrons. The Labute approximate surface area is 113 Å². The fourth-order valence-electron chi connectivity index (χ4n) is 1.85. The summed E-state index contributed by atoms with van der Waals surface area (Å²) >= 11 is 0. The standard InChI is InChI=1S/C14H20N4O/c1-3-9-15-14(11-19-2)13-10-16-18(17-13)12-7-5-4-6-8-12/h4-8,10,14-15H,3,9,11H2,1-2H3. The molecule has 1 aromatic heterocycles. The Hall–Kier alpha value is -1.72. The summed E-state index contributed by atoms with van der Waals surface area (Å²) in [4.78, 5) is 1.64. The number of benzene rings is 1. The maximum absolute atomic E-state index is 5.23. The van der Waals surface area contributed by atoms with Crippen LogP contribution in [-0.4, -0.2) is 35.3 Å². The van der Waals surface area contributed by atoms with E-state index in [-0.39, 0.29) is 6.04 Å². The Bertz CT molecular complexity index is 483. The van der Waals surface area contributed by atoms with Gasteiger partial charge in [-0.05, 0) is 25.1 Å². The number of para-hydroxylation sites is 1. The first-order chi connectivity index (χ1) is 9.35. The average Bonchev–Trinajstić information content (AvgIpc) is 2.94. The summed E-state index contributed by atoms with van der Waals surface area (Å²) in [6.07, 6.45) is 2.87. The Kier molecular flexibility index (Phi) is 5.06. The third-order valence-corrected chi connectivity index (χ3v) is 2.83. The van der Waals surface area contributed by atoms with E-state index in [1.807, 2.05) is 30.3 Å². The first-order valence-electron chi connectivity index (χ1n) is 6.55. The van der Waals surface area contributed by atoms with Gasteiger partial charge in [0.05, 0.1) is 24.5 Å². The third-order valence-electron chi connectivity index (χ3n) is 2.83. The van der Waals surface area contributed by atoms with Crippen LogP contribution >= 0.6 is 0 Å². The highest BCUT2D eigenvalue weighted by Gasteiger charge is 2.14. The molecular weight excluding hydrogens is 240 g/mol. The van der Waals surface area contributed by atoms with Gasteiger partial charge in [0.2, 0.25) is 0 Å². The van der Waals surface area contributed by atoms with Gasteiger partial charge in [0.25, 0.3) is 0 Å². The molecule has 1 aromatic carbocycles. The van der Waals surface area contributed by atoms with E-state index < -0.39 is 0 Å². The van der Waals surface area contributed by atoms with Gasteiger partial charge in [0.1, 0.15) is 5.69 Å². The van der Waals surface area contributed by atoms with Crippen molar-refractivity contribution in [2.45, 2.75) is 19.4 Å². The Balaban J connectivity index is 2.14. The van der Waals surface area contributed by atoms with Gasteiger partial charge in [-0.15, -0.1) is 0 Å².